The summed E-state index contributed by atoms with van der Waals surface area (Å²) in [6, 6.07) is 5.76. The van der Waals surface area contributed by atoms with Gasteiger partial charge in [0.25, 0.3) is 0 Å². The Labute approximate surface area is 98.9 Å². The van der Waals surface area contributed by atoms with Crippen molar-refractivity contribution in [2.45, 2.75) is 26.3 Å². The number of hydrogen-bond donors (Lipinski definition) is 1. The Bertz CT molecular complexity index is 560. The molecule has 0 bridgehead atoms. The molecule has 2 rings (SSSR count). The third-order valence-corrected chi connectivity index (χ3v) is 2.84. The van der Waals surface area contributed by atoms with Crippen molar-refractivity contribution in [2.24, 2.45) is 0 Å². The molecule has 0 saturated carbocycles. The topological polar surface area (TPSA) is 20.7 Å². The highest BCUT2D eigenvalue weighted by molar-refractivity contribution is 7.71. The van der Waals surface area contributed by atoms with E-state index in [0.29, 0.717) is 0 Å². The molecule has 0 unspecified atom stereocenters. The average molecular weight is 241 g/mol. The minimum atomic E-state index is -0.0417. The highest BCUT2D eigenvalue weighted by atomic mass is 35.5. The van der Waals surface area contributed by atoms with E-state index in [1.807, 2.05) is 18.2 Å². The maximum Gasteiger partial charge on any atom is 0.178 e. The number of nitrogens with one attached hydrogen (secondary N) is 1. The number of aromatic nitrogens is 2. The van der Waals surface area contributed by atoms with Crippen molar-refractivity contribution in [3.63, 3.8) is 0 Å². The molecule has 0 saturated heterocycles. The van der Waals surface area contributed by atoms with Crippen molar-refractivity contribution in [2.75, 3.05) is 0 Å². The van der Waals surface area contributed by atoms with Gasteiger partial charge >= 0.3 is 0 Å². The molecule has 0 amide bonds. The predicted octanol–water partition coefficient (Wildman–Crippen LogP) is 4.11. The first-order valence-electron chi connectivity index (χ1n) is 4.80. The third kappa shape index (κ3) is 1.82. The summed E-state index contributed by atoms with van der Waals surface area (Å²) in [5.41, 5.74) is 2.04. The van der Waals surface area contributed by atoms with E-state index in [0.717, 1.165) is 20.8 Å². The maximum atomic E-state index is 5.99. The summed E-state index contributed by atoms with van der Waals surface area (Å²) in [4.78, 5) is 3.18. The van der Waals surface area contributed by atoms with Crippen molar-refractivity contribution in [3.8, 4) is 0 Å². The molecule has 0 atom stereocenters. The number of rotatable bonds is 0. The van der Waals surface area contributed by atoms with Gasteiger partial charge in [0, 0.05) is 10.6 Å². The minimum absolute atomic E-state index is 0.0417. The fourth-order valence-corrected chi connectivity index (χ4v) is 2.39. The molecule has 2 nitrogen and oxygen atoms in total. The van der Waals surface area contributed by atoms with Crippen LogP contribution in [0.15, 0.2) is 18.2 Å². The maximum absolute atomic E-state index is 5.99. The summed E-state index contributed by atoms with van der Waals surface area (Å²) in [5.74, 6) is 0. The quantitative estimate of drug-likeness (QED) is 0.688. The van der Waals surface area contributed by atoms with Gasteiger partial charge in [-0.05, 0) is 51.2 Å². The lowest BCUT2D eigenvalue weighted by Gasteiger charge is -2.21. The van der Waals surface area contributed by atoms with Crippen LogP contribution in [0, 0.1) is 4.77 Å². The summed E-state index contributed by atoms with van der Waals surface area (Å²) in [6.07, 6.45) is 0. The van der Waals surface area contributed by atoms with Crippen LogP contribution in [0.5, 0.6) is 0 Å². The number of hydrogen-bond acceptors (Lipinski definition) is 1. The number of fused-ring (bicyclic) bond motifs is 1. The Morgan fingerprint density at radius 2 is 2.00 bits per heavy atom. The molecule has 0 aliphatic heterocycles. The van der Waals surface area contributed by atoms with Gasteiger partial charge in [0.05, 0.1) is 11.0 Å². The number of halogens is 1. The molecule has 0 radical (unpaired) electrons. The Morgan fingerprint density at radius 3 is 2.60 bits per heavy atom. The van der Waals surface area contributed by atoms with Gasteiger partial charge in [-0.3, -0.25) is 0 Å². The largest absolute Gasteiger partial charge is 0.331 e. The first-order chi connectivity index (χ1) is 6.89. The molecule has 1 N–H and O–H groups in total. The van der Waals surface area contributed by atoms with Crippen molar-refractivity contribution in [3.05, 3.63) is 28.0 Å². The van der Waals surface area contributed by atoms with Gasteiger partial charge in [-0.15, -0.1) is 0 Å². The monoisotopic (exact) mass is 240 g/mol. The van der Waals surface area contributed by atoms with E-state index in [9.17, 15) is 0 Å². The van der Waals surface area contributed by atoms with Crippen LogP contribution in [-0.2, 0) is 5.54 Å². The lowest BCUT2D eigenvalue weighted by Crippen LogP contribution is -2.21. The molecule has 4 heteroatoms. The van der Waals surface area contributed by atoms with Crippen LogP contribution in [0.4, 0.5) is 0 Å². The van der Waals surface area contributed by atoms with Crippen LogP contribution in [0.25, 0.3) is 11.0 Å². The Balaban J connectivity index is 2.89. The van der Waals surface area contributed by atoms with Crippen LogP contribution in [-0.4, -0.2) is 9.55 Å². The van der Waals surface area contributed by atoms with Crippen LogP contribution < -0.4 is 0 Å². The minimum Gasteiger partial charge on any atom is -0.331 e. The number of imidazole rings is 1. The van der Waals surface area contributed by atoms with Gasteiger partial charge in [0.15, 0.2) is 4.77 Å². The first-order valence-corrected chi connectivity index (χ1v) is 5.59. The van der Waals surface area contributed by atoms with Gasteiger partial charge < -0.3 is 9.55 Å². The second-order valence-corrected chi connectivity index (χ2v) is 5.42. The van der Waals surface area contributed by atoms with Gasteiger partial charge in [-0.2, -0.15) is 0 Å². The summed E-state index contributed by atoms with van der Waals surface area (Å²) in [7, 11) is 0. The van der Waals surface area contributed by atoms with Crippen molar-refractivity contribution < 1.29 is 0 Å². The molecule has 2 aromatic rings. The highest BCUT2D eigenvalue weighted by Crippen LogP contribution is 2.25. The molecular weight excluding hydrogens is 228 g/mol. The number of H-pyrrole nitrogens is 1. The van der Waals surface area contributed by atoms with E-state index in [-0.39, 0.29) is 5.54 Å². The average Bonchev–Trinajstić information content (AvgIpc) is 2.38. The van der Waals surface area contributed by atoms with E-state index in [1.54, 1.807) is 0 Å². The van der Waals surface area contributed by atoms with Gasteiger partial charge in [0.1, 0.15) is 0 Å². The number of nitrogens with zero attached hydrogens (tertiary/aromatic N) is 1. The first kappa shape index (κ1) is 10.7. The predicted molar refractivity (Wildman–Crippen MR) is 67.1 cm³/mol. The van der Waals surface area contributed by atoms with Crippen molar-refractivity contribution >= 4 is 34.9 Å². The highest BCUT2D eigenvalue weighted by Gasteiger charge is 2.17. The zero-order valence-electron chi connectivity index (χ0n) is 8.97. The second kappa shape index (κ2) is 3.35. The molecule has 0 aliphatic rings. The van der Waals surface area contributed by atoms with Crippen LogP contribution in [0.2, 0.25) is 5.02 Å². The molecule has 80 valence electrons. The summed E-state index contributed by atoms with van der Waals surface area (Å²) < 4.78 is 2.82. The second-order valence-electron chi connectivity index (χ2n) is 4.60. The lowest BCUT2D eigenvalue weighted by atomic mass is 10.1. The standard InChI is InChI=1S/C11H13ClN2S/c1-11(2,3)14-9-6-7(12)4-5-8(9)13-10(14)15/h4-6H,1-3H3,(H,13,15). The summed E-state index contributed by atoms with van der Waals surface area (Å²) in [5, 5.41) is 0.731. The molecule has 1 aromatic heterocycles. The smallest absolute Gasteiger partial charge is 0.178 e. The molecular formula is C11H13ClN2S. The zero-order valence-corrected chi connectivity index (χ0v) is 10.5. The number of aromatic amines is 1. The van der Waals surface area contributed by atoms with E-state index >= 15 is 0 Å². The van der Waals surface area contributed by atoms with Crippen LogP contribution in [0.3, 0.4) is 0 Å². The van der Waals surface area contributed by atoms with E-state index in [1.165, 1.54) is 0 Å². The molecule has 1 heterocycles. The molecule has 0 spiro atoms. The summed E-state index contributed by atoms with van der Waals surface area (Å²) in [6.45, 7) is 6.37. The SMILES string of the molecule is CC(C)(C)n1c(=S)[nH]c2ccc(Cl)cc21. The Morgan fingerprint density at radius 1 is 1.33 bits per heavy atom. The Hall–Kier alpha value is -0.800. The number of benzene rings is 1. The normalized spacial score (nSPS) is 12.3. The van der Waals surface area contributed by atoms with Crippen LogP contribution >= 0.6 is 23.8 Å². The van der Waals surface area contributed by atoms with Gasteiger partial charge in [0.2, 0.25) is 0 Å². The molecule has 0 aliphatic carbocycles. The summed E-state index contributed by atoms with van der Waals surface area (Å²) >= 11 is 11.3. The van der Waals surface area contributed by atoms with E-state index in [4.69, 9.17) is 23.8 Å². The molecule has 15 heavy (non-hydrogen) atoms. The lowest BCUT2D eigenvalue weighted by molar-refractivity contribution is 0.404. The van der Waals surface area contributed by atoms with E-state index < -0.39 is 0 Å². The van der Waals surface area contributed by atoms with Crippen molar-refractivity contribution in [1.29, 1.82) is 0 Å². The zero-order chi connectivity index (χ0) is 11.2. The molecule has 0 fully saturated rings. The van der Waals surface area contributed by atoms with Gasteiger partial charge in [-0.1, -0.05) is 11.6 Å². The molecule has 1 aromatic carbocycles. The van der Waals surface area contributed by atoms with E-state index in [2.05, 4.69) is 30.3 Å². The Kier molecular flexibility index (Phi) is 2.40. The van der Waals surface area contributed by atoms with Gasteiger partial charge in [-0.25, -0.2) is 0 Å². The third-order valence-electron chi connectivity index (χ3n) is 2.32. The van der Waals surface area contributed by atoms with Crippen molar-refractivity contribution in [1.82, 2.24) is 9.55 Å². The fourth-order valence-electron chi connectivity index (χ4n) is 1.74. The van der Waals surface area contributed by atoms with Crippen LogP contribution in [0.1, 0.15) is 20.8 Å². The fraction of sp³-hybridized carbons (Fsp3) is 0.364.